The molecular formula is C12H13BrFNO3. The number of benzene rings is 1. The molecule has 1 atom stereocenters. The van der Waals surface area contributed by atoms with Gasteiger partial charge in [-0.05, 0) is 41.4 Å². The summed E-state index contributed by atoms with van der Waals surface area (Å²) in [5.74, 6) is -2.62. The van der Waals surface area contributed by atoms with Crippen LogP contribution in [0.2, 0.25) is 0 Å². The fourth-order valence-electron chi connectivity index (χ4n) is 1.29. The maximum atomic E-state index is 13.7. The van der Waals surface area contributed by atoms with Gasteiger partial charge in [0.15, 0.2) is 0 Å². The van der Waals surface area contributed by atoms with Crippen molar-refractivity contribution in [2.24, 2.45) is 0 Å². The van der Waals surface area contributed by atoms with Crippen LogP contribution in [0.5, 0.6) is 0 Å². The molecule has 2 N–H and O–H groups in total. The molecule has 98 valence electrons. The molecule has 6 heteroatoms. The molecular weight excluding hydrogens is 305 g/mol. The van der Waals surface area contributed by atoms with Crippen molar-refractivity contribution in [1.82, 2.24) is 5.32 Å². The summed E-state index contributed by atoms with van der Waals surface area (Å²) in [6.07, 6.45) is 0.198. The number of aliphatic carboxylic acids is 1. The number of rotatable bonds is 4. The van der Waals surface area contributed by atoms with Gasteiger partial charge in [0.25, 0.3) is 5.91 Å². The molecule has 0 radical (unpaired) electrons. The van der Waals surface area contributed by atoms with E-state index in [1.54, 1.807) is 6.92 Å². The van der Waals surface area contributed by atoms with Crippen LogP contribution in [0, 0.1) is 5.82 Å². The minimum Gasteiger partial charge on any atom is -0.480 e. The zero-order chi connectivity index (χ0) is 13.9. The predicted octanol–water partition coefficient (Wildman–Crippen LogP) is 2.57. The van der Waals surface area contributed by atoms with Crippen molar-refractivity contribution in [2.75, 3.05) is 0 Å². The van der Waals surface area contributed by atoms with Gasteiger partial charge in [-0.1, -0.05) is 13.0 Å². The number of carboxylic acids is 1. The van der Waals surface area contributed by atoms with Crippen LogP contribution >= 0.6 is 15.9 Å². The summed E-state index contributed by atoms with van der Waals surface area (Å²) in [6.45, 7) is 3.01. The van der Waals surface area contributed by atoms with Crippen molar-refractivity contribution in [1.29, 1.82) is 0 Å². The predicted molar refractivity (Wildman–Crippen MR) is 67.9 cm³/mol. The zero-order valence-corrected chi connectivity index (χ0v) is 11.5. The first-order valence-corrected chi connectivity index (χ1v) is 6.11. The lowest BCUT2D eigenvalue weighted by molar-refractivity contribution is -0.143. The van der Waals surface area contributed by atoms with Crippen LogP contribution in [0.4, 0.5) is 4.39 Å². The molecule has 0 aromatic heterocycles. The van der Waals surface area contributed by atoms with Crippen molar-refractivity contribution in [3.8, 4) is 0 Å². The fourth-order valence-corrected chi connectivity index (χ4v) is 1.66. The van der Waals surface area contributed by atoms with Gasteiger partial charge in [0.2, 0.25) is 0 Å². The number of halogens is 2. The quantitative estimate of drug-likeness (QED) is 0.897. The van der Waals surface area contributed by atoms with E-state index in [0.29, 0.717) is 0 Å². The minimum absolute atomic E-state index is 0.156. The molecule has 1 aromatic rings. The lowest BCUT2D eigenvalue weighted by Gasteiger charge is -2.24. The van der Waals surface area contributed by atoms with Crippen LogP contribution in [0.1, 0.15) is 30.6 Å². The van der Waals surface area contributed by atoms with Crippen LogP contribution in [0.25, 0.3) is 0 Å². The Kier molecular flexibility index (Phi) is 4.45. The van der Waals surface area contributed by atoms with Crippen LogP contribution in [0.3, 0.4) is 0 Å². The molecule has 0 spiro atoms. The van der Waals surface area contributed by atoms with Gasteiger partial charge in [-0.15, -0.1) is 0 Å². The number of hydrogen-bond acceptors (Lipinski definition) is 2. The Morgan fingerprint density at radius 2 is 2.11 bits per heavy atom. The highest BCUT2D eigenvalue weighted by atomic mass is 79.9. The number of carbonyl (C=O) groups is 2. The van der Waals surface area contributed by atoms with E-state index in [1.807, 2.05) is 0 Å². The van der Waals surface area contributed by atoms with Gasteiger partial charge in [0, 0.05) is 0 Å². The van der Waals surface area contributed by atoms with E-state index < -0.39 is 23.2 Å². The highest BCUT2D eigenvalue weighted by Crippen LogP contribution is 2.19. The molecule has 0 aliphatic heterocycles. The number of carbonyl (C=O) groups excluding carboxylic acids is 1. The average Bonchev–Trinajstić information content (AvgIpc) is 2.32. The minimum atomic E-state index is -1.41. The van der Waals surface area contributed by atoms with Crippen LogP contribution in [-0.2, 0) is 4.79 Å². The molecule has 0 saturated carbocycles. The summed E-state index contributed by atoms with van der Waals surface area (Å²) < 4.78 is 13.8. The van der Waals surface area contributed by atoms with Gasteiger partial charge in [0.05, 0.1) is 10.0 Å². The Morgan fingerprint density at radius 1 is 1.50 bits per heavy atom. The van der Waals surface area contributed by atoms with Gasteiger partial charge in [0.1, 0.15) is 11.4 Å². The Labute approximate surface area is 112 Å². The smallest absolute Gasteiger partial charge is 0.329 e. The van der Waals surface area contributed by atoms with Crippen LogP contribution < -0.4 is 5.32 Å². The number of hydrogen-bond donors (Lipinski definition) is 2. The summed E-state index contributed by atoms with van der Waals surface area (Å²) in [5.41, 5.74) is -1.60. The molecule has 0 heterocycles. The van der Waals surface area contributed by atoms with Crippen molar-refractivity contribution in [2.45, 2.75) is 25.8 Å². The lowest BCUT2D eigenvalue weighted by Crippen LogP contribution is -2.51. The highest BCUT2D eigenvalue weighted by molar-refractivity contribution is 9.10. The number of amides is 1. The maximum absolute atomic E-state index is 13.7. The Morgan fingerprint density at radius 3 is 2.61 bits per heavy atom. The normalized spacial score (nSPS) is 13.8. The molecule has 0 fully saturated rings. The Bertz CT molecular complexity index is 492. The van der Waals surface area contributed by atoms with E-state index in [0.717, 1.165) is 0 Å². The Balaban J connectivity index is 3.02. The van der Waals surface area contributed by atoms with E-state index in [1.165, 1.54) is 25.1 Å². The number of carboxylic acid groups (broad SMARTS) is 1. The molecule has 0 aliphatic rings. The third-order valence-corrected chi connectivity index (χ3v) is 3.38. The second kappa shape index (κ2) is 5.48. The van der Waals surface area contributed by atoms with Crippen LogP contribution in [0.15, 0.2) is 22.7 Å². The first kappa shape index (κ1) is 14.6. The second-order valence-corrected chi connectivity index (χ2v) is 4.90. The summed E-state index contributed by atoms with van der Waals surface area (Å²) in [6, 6.07) is 4.27. The summed E-state index contributed by atoms with van der Waals surface area (Å²) in [7, 11) is 0. The molecule has 1 rings (SSSR count). The van der Waals surface area contributed by atoms with Crippen molar-refractivity contribution in [3.63, 3.8) is 0 Å². The van der Waals surface area contributed by atoms with E-state index >= 15 is 0 Å². The molecule has 0 aliphatic carbocycles. The van der Waals surface area contributed by atoms with Gasteiger partial charge in [-0.25, -0.2) is 9.18 Å². The Hall–Kier alpha value is -1.43. The first-order valence-electron chi connectivity index (χ1n) is 5.31. The van der Waals surface area contributed by atoms with Gasteiger partial charge in [-0.2, -0.15) is 0 Å². The average molecular weight is 318 g/mol. The lowest BCUT2D eigenvalue weighted by atomic mass is 9.98. The van der Waals surface area contributed by atoms with Crippen molar-refractivity contribution in [3.05, 3.63) is 34.1 Å². The monoisotopic (exact) mass is 317 g/mol. The summed E-state index contributed by atoms with van der Waals surface area (Å²) in [5, 5.41) is 11.4. The molecule has 0 bridgehead atoms. The third-order valence-electron chi connectivity index (χ3n) is 2.76. The van der Waals surface area contributed by atoms with E-state index in [-0.39, 0.29) is 16.5 Å². The molecule has 1 aromatic carbocycles. The first-order chi connectivity index (χ1) is 8.31. The molecule has 1 unspecified atom stereocenters. The van der Waals surface area contributed by atoms with E-state index in [9.17, 15) is 14.0 Å². The topological polar surface area (TPSA) is 66.4 Å². The van der Waals surface area contributed by atoms with E-state index in [2.05, 4.69) is 21.2 Å². The maximum Gasteiger partial charge on any atom is 0.329 e. The summed E-state index contributed by atoms with van der Waals surface area (Å²) >= 11 is 2.97. The zero-order valence-electron chi connectivity index (χ0n) is 9.96. The van der Waals surface area contributed by atoms with E-state index in [4.69, 9.17) is 5.11 Å². The largest absolute Gasteiger partial charge is 0.480 e. The highest BCUT2D eigenvalue weighted by Gasteiger charge is 2.33. The van der Waals surface area contributed by atoms with Gasteiger partial charge >= 0.3 is 5.97 Å². The standard InChI is InChI=1S/C12H13BrFNO3/c1-3-12(2,11(17)18)15-10(16)7-5-4-6-8(13)9(7)14/h4-6H,3H2,1-2H3,(H,15,16)(H,17,18). The van der Waals surface area contributed by atoms with Gasteiger partial charge < -0.3 is 10.4 Å². The molecule has 1 amide bonds. The number of nitrogens with one attached hydrogen (secondary N) is 1. The summed E-state index contributed by atoms with van der Waals surface area (Å²) in [4.78, 5) is 22.9. The molecule has 18 heavy (non-hydrogen) atoms. The molecule has 0 saturated heterocycles. The SMILES string of the molecule is CCC(C)(NC(=O)c1cccc(Br)c1F)C(=O)O. The van der Waals surface area contributed by atoms with Gasteiger partial charge in [-0.3, -0.25) is 4.79 Å². The second-order valence-electron chi connectivity index (χ2n) is 4.05. The molecule has 4 nitrogen and oxygen atoms in total. The van der Waals surface area contributed by atoms with Crippen molar-refractivity contribution < 1.29 is 19.1 Å². The van der Waals surface area contributed by atoms with Crippen LogP contribution in [-0.4, -0.2) is 22.5 Å². The third kappa shape index (κ3) is 2.87. The fraction of sp³-hybridized carbons (Fsp3) is 0.333. The van der Waals surface area contributed by atoms with Crippen molar-refractivity contribution >= 4 is 27.8 Å².